The number of hydrogen-bond donors (Lipinski definition) is 13. The van der Waals surface area contributed by atoms with E-state index in [1.165, 1.54) is 36.8 Å². The second-order valence-corrected chi connectivity index (χ2v) is 13.2. The number of carbonyl (C=O) groups excluding carboxylic acids is 5. The molecule has 2 aromatic heterocycles. The van der Waals surface area contributed by atoms with Crippen molar-refractivity contribution in [3.05, 3.63) is 84.1 Å². The summed E-state index contributed by atoms with van der Waals surface area (Å²) in [6.45, 7) is -1.97. The van der Waals surface area contributed by atoms with Gasteiger partial charge in [0.15, 0.2) is 0 Å². The predicted octanol–water partition coefficient (Wildman–Crippen LogP) is -2.69. The molecule has 14 N–H and O–H groups in total. The summed E-state index contributed by atoms with van der Waals surface area (Å²) >= 11 is 0. The van der Waals surface area contributed by atoms with E-state index in [4.69, 9.17) is 10.8 Å². The number of hydrogen-bond acceptors (Lipinski definition) is 12. The third-order valence-corrected chi connectivity index (χ3v) is 8.96. The molecule has 21 heteroatoms. The lowest BCUT2D eigenvalue weighted by molar-refractivity contribution is -0.143. The number of phenolic OH excluding ortho intramolecular Hbond substituents is 1. The minimum atomic E-state index is -1.73. The van der Waals surface area contributed by atoms with Crippen molar-refractivity contribution >= 4 is 52.4 Å². The van der Waals surface area contributed by atoms with Gasteiger partial charge in [0.05, 0.1) is 31.3 Å². The molecule has 310 valence electrons. The van der Waals surface area contributed by atoms with Gasteiger partial charge in [0.25, 0.3) is 0 Å². The molecule has 0 saturated heterocycles. The minimum Gasteiger partial charge on any atom is -0.508 e. The van der Waals surface area contributed by atoms with E-state index in [1.54, 1.807) is 30.5 Å². The number of nitrogens with one attached hydrogen (secondary N) is 7. The minimum absolute atomic E-state index is 0.0912. The fourth-order valence-electron chi connectivity index (χ4n) is 5.79. The molecule has 4 aromatic rings. The lowest BCUT2D eigenvalue weighted by Gasteiger charge is -2.26. The zero-order valence-corrected chi connectivity index (χ0v) is 30.9. The summed E-state index contributed by atoms with van der Waals surface area (Å²) in [6, 6.07) is 3.50. The van der Waals surface area contributed by atoms with Crippen molar-refractivity contribution < 1.29 is 59.1 Å². The first-order valence-electron chi connectivity index (χ1n) is 17.9. The first-order valence-corrected chi connectivity index (χ1v) is 17.9. The summed E-state index contributed by atoms with van der Waals surface area (Å²) in [7, 11) is 0. The van der Waals surface area contributed by atoms with Crippen molar-refractivity contribution in [1.29, 1.82) is 0 Å². The normalized spacial score (nSPS) is 14.2. The van der Waals surface area contributed by atoms with E-state index in [1.807, 2.05) is 0 Å². The summed E-state index contributed by atoms with van der Waals surface area (Å²) in [6.07, 6.45) is 3.18. The Morgan fingerprint density at radius 2 is 1.22 bits per heavy atom. The third-order valence-electron chi connectivity index (χ3n) is 8.96. The number of H-pyrrole nitrogens is 2. The molecular weight excluding hydrogens is 762 g/mol. The molecular formula is C37H45N9O12. The third kappa shape index (κ3) is 12.6. The Kier molecular flexibility index (Phi) is 15.8. The molecule has 0 saturated carbocycles. The Labute approximate surface area is 329 Å². The van der Waals surface area contributed by atoms with Crippen LogP contribution in [0.25, 0.3) is 10.9 Å². The maximum absolute atomic E-state index is 14.0. The van der Waals surface area contributed by atoms with Gasteiger partial charge in [0.1, 0.15) is 36.0 Å². The number of aromatic amines is 2. The standard InChI is InChI=1S/C37H45N9O12/c38-24(9-10-31(50)51)32(52)42-28(13-21-15-39-18-41-21)35(55)44-27(12-20-14-40-25-4-2-1-3-23(20)25)34(54)45-29(16-47)36(56)43-26(11-19-5-7-22(49)8-6-19)33(53)46-30(17-48)37(57)58/h1-8,14-15,18,24,26-30,40,47-49H,9-13,16-17,38H2,(H,39,41)(H,42,52)(H,43,56)(H,44,55)(H,45,54)(H,46,53)(H,50,51)(H,57,58)/t24-,26-,27-,28-,29-,30+/m0/s1. The van der Waals surface area contributed by atoms with Crippen molar-refractivity contribution in [2.75, 3.05) is 13.2 Å². The van der Waals surface area contributed by atoms with Crippen LogP contribution >= 0.6 is 0 Å². The van der Waals surface area contributed by atoms with Crippen LogP contribution < -0.4 is 32.3 Å². The van der Waals surface area contributed by atoms with E-state index in [-0.39, 0.29) is 31.4 Å². The number of phenols is 1. The van der Waals surface area contributed by atoms with E-state index in [9.17, 15) is 54.0 Å². The summed E-state index contributed by atoms with van der Waals surface area (Å²) in [5.41, 5.74) is 7.92. The molecule has 2 heterocycles. The van der Waals surface area contributed by atoms with Gasteiger partial charge < -0.3 is 67.8 Å². The van der Waals surface area contributed by atoms with Crippen LogP contribution in [0, 0.1) is 0 Å². The largest absolute Gasteiger partial charge is 0.508 e. The number of nitrogens with zero attached hydrogens (tertiary/aromatic N) is 1. The summed E-state index contributed by atoms with van der Waals surface area (Å²) in [5, 5.41) is 60.5. The number of amides is 5. The van der Waals surface area contributed by atoms with Gasteiger partial charge in [-0.3, -0.25) is 28.8 Å². The van der Waals surface area contributed by atoms with Crippen molar-refractivity contribution in [2.24, 2.45) is 5.73 Å². The van der Waals surface area contributed by atoms with Crippen LogP contribution in [0.5, 0.6) is 5.75 Å². The zero-order valence-electron chi connectivity index (χ0n) is 30.9. The number of aromatic nitrogens is 3. The first kappa shape index (κ1) is 43.9. The van der Waals surface area contributed by atoms with Crippen molar-refractivity contribution in [3.8, 4) is 5.75 Å². The number of aromatic hydroxyl groups is 1. The number of para-hydroxylation sites is 1. The number of nitrogens with two attached hydrogens (primary N) is 1. The molecule has 0 aliphatic rings. The number of aliphatic hydroxyl groups is 2. The van der Waals surface area contributed by atoms with Crippen molar-refractivity contribution in [2.45, 2.75) is 68.4 Å². The highest BCUT2D eigenvalue weighted by molar-refractivity contribution is 5.97. The van der Waals surface area contributed by atoms with Gasteiger partial charge in [-0.1, -0.05) is 30.3 Å². The number of carbonyl (C=O) groups is 7. The Hall–Kier alpha value is -6.84. The Balaban J connectivity index is 1.59. The molecule has 4 rings (SSSR count). The van der Waals surface area contributed by atoms with Crippen LogP contribution in [0.3, 0.4) is 0 Å². The van der Waals surface area contributed by atoms with Gasteiger partial charge in [-0.25, -0.2) is 9.78 Å². The SMILES string of the molecule is N[C@@H](CCC(=O)O)C(=O)N[C@@H](Cc1c[nH]cn1)C(=O)N[C@@H](Cc1c[nH]c2ccccc12)C(=O)N[C@@H](CO)C(=O)N[C@@H](Cc1ccc(O)cc1)C(=O)N[C@H](CO)C(=O)O. The molecule has 0 bridgehead atoms. The second-order valence-electron chi connectivity index (χ2n) is 13.2. The van der Waals surface area contributed by atoms with Crippen molar-refractivity contribution in [3.63, 3.8) is 0 Å². The molecule has 0 aliphatic carbocycles. The van der Waals surface area contributed by atoms with Gasteiger partial charge in [-0.05, 0) is 35.7 Å². The second kappa shape index (κ2) is 20.9. The van der Waals surface area contributed by atoms with E-state index in [2.05, 4.69) is 41.5 Å². The van der Waals surface area contributed by atoms with E-state index >= 15 is 0 Å². The average molecular weight is 808 g/mol. The van der Waals surface area contributed by atoms with E-state index in [0.29, 0.717) is 27.7 Å². The highest BCUT2D eigenvalue weighted by Gasteiger charge is 2.33. The Morgan fingerprint density at radius 1 is 0.672 bits per heavy atom. The predicted molar refractivity (Wildman–Crippen MR) is 202 cm³/mol. The average Bonchev–Trinajstić information content (AvgIpc) is 3.87. The number of benzene rings is 2. The maximum Gasteiger partial charge on any atom is 0.328 e. The van der Waals surface area contributed by atoms with E-state index < -0.39 is 97.4 Å². The lowest BCUT2D eigenvalue weighted by Crippen LogP contribution is -2.61. The van der Waals surface area contributed by atoms with Crippen LogP contribution in [0.1, 0.15) is 29.7 Å². The fourth-order valence-corrected chi connectivity index (χ4v) is 5.79. The molecule has 2 aromatic carbocycles. The van der Waals surface area contributed by atoms with E-state index in [0.717, 1.165) is 0 Å². The van der Waals surface area contributed by atoms with Gasteiger partial charge in [0, 0.05) is 49.0 Å². The lowest BCUT2D eigenvalue weighted by atomic mass is 10.0. The molecule has 21 nitrogen and oxygen atoms in total. The summed E-state index contributed by atoms with van der Waals surface area (Å²) in [4.78, 5) is 100. The molecule has 0 radical (unpaired) electrons. The fraction of sp³-hybridized carbons (Fsp3) is 0.351. The van der Waals surface area contributed by atoms with Crippen LogP contribution in [0.2, 0.25) is 0 Å². The van der Waals surface area contributed by atoms with Gasteiger partial charge in [-0.2, -0.15) is 0 Å². The zero-order chi connectivity index (χ0) is 42.4. The summed E-state index contributed by atoms with van der Waals surface area (Å²) < 4.78 is 0. The number of carboxylic acids is 2. The first-order chi connectivity index (χ1) is 27.7. The molecule has 0 fully saturated rings. The highest BCUT2D eigenvalue weighted by atomic mass is 16.4. The quantitative estimate of drug-likeness (QED) is 0.0385. The number of aliphatic hydroxyl groups excluding tert-OH is 2. The molecule has 58 heavy (non-hydrogen) atoms. The van der Waals surface area contributed by atoms with Gasteiger partial charge >= 0.3 is 11.9 Å². The number of fused-ring (bicyclic) bond motifs is 1. The molecule has 6 atom stereocenters. The monoisotopic (exact) mass is 807 g/mol. The number of carboxylic acid groups (broad SMARTS) is 2. The maximum atomic E-state index is 14.0. The number of rotatable bonds is 22. The van der Waals surface area contributed by atoms with Crippen LogP contribution in [-0.4, -0.2) is 131 Å². The number of imidazole rings is 1. The van der Waals surface area contributed by atoms with Crippen LogP contribution in [0.4, 0.5) is 0 Å². The van der Waals surface area contributed by atoms with Gasteiger partial charge in [-0.15, -0.1) is 0 Å². The van der Waals surface area contributed by atoms with Crippen LogP contribution in [0.15, 0.2) is 67.3 Å². The molecule has 0 unspecified atom stereocenters. The smallest absolute Gasteiger partial charge is 0.328 e. The van der Waals surface area contributed by atoms with Gasteiger partial charge in [0.2, 0.25) is 29.5 Å². The molecule has 0 spiro atoms. The summed E-state index contributed by atoms with van der Waals surface area (Å²) in [5.74, 6) is -7.63. The van der Waals surface area contributed by atoms with Crippen molar-refractivity contribution in [1.82, 2.24) is 41.5 Å². The highest BCUT2D eigenvalue weighted by Crippen LogP contribution is 2.20. The van der Waals surface area contributed by atoms with Crippen LogP contribution in [-0.2, 0) is 52.8 Å². The number of aliphatic carboxylic acids is 2. The molecule has 5 amide bonds. The Morgan fingerprint density at radius 3 is 1.81 bits per heavy atom. The molecule has 0 aliphatic heterocycles. The Bertz CT molecular complexity index is 2050. The topological polar surface area (TPSA) is 351 Å².